The maximum Gasteiger partial charge on any atom is 0.238 e. The van der Waals surface area contributed by atoms with Gasteiger partial charge in [-0.2, -0.15) is 0 Å². The second kappa shape index (κ2) is 7.03. The Balaban J connectivity index is 1.66. The first kappa shape index (κ1) is 14.5. The fraction of sp³-hybridized carbons (Fsp3) is 0.500. The average Bonchev–Trinajstić information content (AvgIpc) is 2.32. The minimum absolute atomic E-state index is 0.0158. The molecule has 0 atom stereocenters. The average molecular weight is 327 g/mol. The van der Waals surface area contributed by atoms with Gasteiger partial charge in [0, 0.05) is 22.8 Å². The molecule has 0 saturated heterocycles. The number of carbonyl (C=O) groups excluding carboxylic acids is 1. The van der Waals surface area contributed by atoms with E-state index in [4.69, 9.17) is 4.74 Å². The van der Waals surface area contributed by atoms with Crippen LogP contribution in [0.1, 0.15) is 19.8 Å². The van der Waals surface area contributed by atoms with Crippen LogP contribution in [0.2, 0.25) is 0 Å². The Labute approximate surface area is 122 Å². The molecule has 5 heteroatoms. The lowest BCUT2D eigenvalue weighted by Crippen LogP contribution is -2.47. The van der Waals surface area contributed by atoms with E-state index in [9.17, 15) is 4.79 Å². The molecule has 0 unspecified atom stereocenters. The van der Waals surface area contributed by atoms with Crippen molar-refractivity contribution in [3.63, 3.8) is 0 Å². The molecule has 0 spiro atoms. The number of hydrogen-bond acceptors (Lipinski definition) is 3. The van der Waals surface area contributed by atoms with Gasteiger partial charge in [-0.25, -0.2) is 0 Å². The standard InChI is InChI=1S/C14H19BrN2O2/c1-2-19-13-7-12(8-13)16-9-14(18)17-11-5-3-4-10(15)6-11/h3-6,12-13,16H,2,7-9H2,1H3,(H,17,18). The minimum atomic E-state index is -0.0158. The lowest BCUT2D eigenvalue weighted by Gasteiger charge is -2.35. The van der Waals surface area contributed by atoms with Crippen molar-refractivity contribution < 1.29 is 9.53 Å². The first-order valence-electron chi connectivity index (χ1n) is 6.57. The van der Waals surface area contributed by atoms with Crippen LogP contribution >= 0.6 is 15.9 Å². The summed E-state index contributed by atoms with van der Waals surface area (Å²) in [5.41, 5.74) is 0.807. The molecule has 1 aliphatic rings. The van der Waals surface area contributed by atoms with Crippen molar-refractivity contribution in [1.82, 2.24) is 5.32 Å². The van der Waals surface area contributed by atoms with Gasteiger partial charge >= 0.3 is 0 Å². The van der Waals surface area contributed by atoms with Crippen LogP contribution in [0.3, 0.4) is 0 Å². The van der Waals surface area contributed by atoms with Crippen molar-refractivity contribution >= 4 is 27.5 Å². The lowest BCUT2D eigenvalue weighted by atomic mass is 9.89. The van der Waals surface area contributed by atoms with Crippen molar-refractivity contribution in [2.45, 2.75) is 31.9 Å². The molecule has 104 valence electrons. The molecule has 4 nitrogen and oxygen atoms in total. The summed E-state index contributed by atoms with van der Waals surface area (Å²) >= 11 is 3.38. The highest BCUT2D eigenvalue weighted by atomic mass is 79.9. The monoisotopic (exact) mass is 326 g/mol. The van der Waals surface area contributed by atoms with Gasteiger partial charge in [0.05, 0.1) is 12.6 Å². The van der Waals surface area contributed by atoms with E-state index in [0.717, 1.165) is 29.6 Å². The summed E-state index contributed by atoms with van der Waals surface area (Å²) < 4.78 is 6.43. The van der Waals surface area contributed by atoms with Gasteiger partial charge < -0.3 is 15.4 Å². The normalized spacial score (nSPS) is 21.8. The van der Waals surface area contributed by atoms with Crippen LogP contribution in [0.15, 0.2) is 28.7 Å². The summed E-state index contributed by atoms with van der Waals surface area (Å²) in [4.78, 5) is 11.8. The summed E-state index contributed by atoms with van der Waals surface area (Å²) in [6.07, 6.45) is 2.37. The predicted molar refractivity (Wildman–Crippen MR) is 79.2 cm³/mol. The van der Waals surface area contributed by atoms with Gasteiger partial charge in [-0.3, -0.25) is 4.79 Å². The van der Waals surface area contributed by atoms with E-state index in [1.807, 2.05) is 31.2 Å². The van der Waals surface area contributed by atoms with Gasteiger partial charge in [0.1, 0.15) is 0 Å². The number of hydrogen-bond donors (Lipinski definition) is 2. The number of anilines is 1. The zero-order chi connectivity index (χ0) is 13.7. The van der Waals surface area contributed by atoms with Crippen LogP contribution in [-0.4, -0.2) is 31.2 Å². The number of amides is 1. The van der Waals surface area contributed by atoms with E-state index >= 15 is 0 Å². The Morgan fingerprint density at radius 2 is 2.26 bits per heavy atom. The number of rotatable bonds is 6. The second-order valence-electron chi connectivity index (χ2n) is 4.69. The van der Waals surface area contributed by atoms with Crippen molar-refractivity contribution in [2.75, 3.05) is 18.5 Å². The molecule has 1 aromatic carbocycles. The van der Waals surface area contributed by atoms with Crippen molar-refractivity contribution in [3.05, 3.63) is 28.7 Å². The van der Waals surface area contributed by atoms with Crippen molar-refractivity contribution in [2.24, 2.45) is 0 Å². The molecule has 1 amide bonds. The predicted octanol–water partition coefficient (Wildman–Crippen LogP) is 2.54. The summed E-state index contributed by atoms with van der Waals surface area (Å²) in [5.74, 6) is -0.0158. The van der Waals surface area contributed by atoms with Crippen LogP contribution in [0.4, 0.5) is 5.69 Å². The summed E-state index contributed by atoms with van der Waals surface area (Å²) in [6.45, 7) is 3.11. The van der Waals surface area contributed by atoms with Crippen LogP contribution < -0.4 is 10.6 Å². The largest absolute Gasteiger partial charge is 0.378 e. The molecule has 0 heterocycles. The number of benzene rings is 1. The highest BCUT2D eigenvalue weighted by molar-refractivity contribution is 9.10. The Hall–Kier alpha value is -0.910. The van der Waals surface area contributed by atoms with Crippen molar-refractivity contribution in [3.8, 4) is 0 Å². The quantitative estimate of drug-likeness (QED) is 0.844. The topological polar surface area (TPSA) is 50.4 Å². The zero-order valence-electron chi connectivity index (χ0n) is 11.0. The summed E-state index contributed by atoms with van der Waals surface area (Å²) in [5, 5.41) is 6.10. The van der Waals surface area contributed by atoms with Gasteiger partial charge in [0.2, 0.25) is 5.91 Å². The number of nitrogens with one attached hydrogen (secondary N) is 2. The van der Waals surface area contributed by atoms with Crippen LogP contribution in [-0.2, 0) is 9.53 Å². The van der Waals surface area contributed by atoms with E-state index in [2.05, 4.69) is 26.6 Å². The molecule has 2 N–H and O–H groups in total. The van der Waals surface area contributed by atoms with E-state index < -0.39 is 0 Å². The third-order valence-corrected chi connectivity index (χ3v) is 3.65. The molecular formula is C14H19BrN2O2. The second-order valence-corrected chi connectivity index (χ2v) is 5.60. The highest BCUT2D eigenvalue weighted by Crippen LogP contribution is 2.23. The van der Waals surface area contributed by atoms with Gasteiger partial charge in [0.25, 0.3) is 0 Å². The molecular weight excluding hydrogens is 308 g/mol. The van der Waals surface area contributed by atoms with Gasteiger partial charge in [-0.1, -0.05) is 22.0 Å². The molecule has 2 rings (SSSR count). The maximum absolute atomic E-state index is 11.8. The lowest BCUT2D eigenvalue weighted by molar-refractivity contribution is -0.116. The Morgan fingerprint density at radius 3 is 2.95 bits per heavy atom. The summed E-state index contributed by atoms with van der Waals surface area (Å²) in [6, 6.07) is 7.98. The molecule has 1 aromatic rings. The molecule has 0 aromatic heterocycles. The van der Waals surface area contributed by atoms with Gasteiger partial charge in [-0.05, 0) is 38.0 Å². The minimum Gasteiger partial charge on any atom is -0.378 e. The molecule has 1 aliphatic carbocycles. The fourth-order valence-corrected chi connectivity index (χ4v) is 2.51. The van der Waals surface area contributed by atoms with E-state index in [0.29, 0.717) is 18.7 Å². The molecule has 1 fully saturated rings. The number of carbonyl (C=O) groups is 1. The molecule has 1 saturated carbocycles. The van der Waals surface area contributed by atoms with E-state index in [-0.39, 0.29) is 5.91 Å². The number of ether oxygens (including phenoxy) is 1. The van der Waals surface area contributed by atoms with Gasteiger partial charge in [-0.15, -0.1) is 0 Å². The number of halogens is 1. The SMILES string of the molecule is CCOC1CC(NCC(=O)Nc2cccc(Br)c2)C1. The van der Waals surface area contributed by atoms with Crippen molar-refractivity contribution in [1.29, 1.82) is 0 Å². The van der Waals surface area contributed by atoms with Crippen LogP contribution in [0.25, 0.3) is 0 Å². The zero-order valence-corrected chi connectivity index (χ0v) is 12.6. The van der Waals surface area contributed by atoms with E-state index in [1.54, 1.807) is 0 Å². The first-order valence-corrected chi connectivity index (χ1v) is 7.37. The summed E-state index contributed by atoms with van der Waals surface area (Å²) in [7, 11) is 0. The van der Waals surface area contributed by atoms with E-state index in [1.165, 1.54) is 0 Å². The van der Waals surface area contributed by atoms with Crippen LogP contribution in [0, 0.1) is 0 Å². The highest BCUT2D eigenvalue weighted by Gasteiger charge is 2.29. The fourth-order valence-electron chi connectivity index (χ4n) is 2.11. The molecule has 19 heavy (non-hydrogen) atoms. The Morgan fingerprint density at radius 1 is 1.47 bits per heavy atom. The van der Waals surface area contributed by atoms with Gasteiger partial charge in [0.15, 0.2) is 0 Å². The molecule has 0 bridgehead atoms. The third-order valence-electron chi connectivity index (χ3n) is 3.16. The molecule has 0 radical (unpaired) electrons. The smallest absolute Gasteiger partial charge is 0.238 e. The first-order chi connectivity index (χ1) is 9.17. The molecule has 0 aliphatic heterocycles. The third kappa shape index (κ3) is 4.60. The van der Waals surface area contributed by atoms with Crippen LogP contribution in [0.5, 0.6) is 0 Å². The Bertz CT molecular complexity index is 433. The Kier molecular flexibility index (Phi) is 5.36. The maximum atomic E-state index is 11.8.